The molecule has 0 spiro atoms. The van der Waals surface area contributed by atoms with Gasteiger partial charge in [-0.15, -0.1) is 0 Å². The van der Waals surface area contributed by atoms with Crippen molar-refractivity contribution in [3.05, 3.63) is 59.7 Å². The van der Waals surface area contributed by atoms with Crippen LogP contribution in [0.5, 0.6) is 0 Å². The monoisotopic (exact) mass is 311 g/mol. The first-order chi connectivity index (χ1) is 10.9. The number of hydrogen-bond acceptors (Lipinski definition) is 3. The first kappa shape index (κ1) is 17.6. The Labute approximate surface area is 140 Å². The molecule has 1 atom stereocenters. The maximum Gasteiger partial charge on any atom is 0.131 e. The van der Waals surface area contributed by atoms with E-state index in [1.807, 2.05) is 12.3 Å². The molecule has 0 amide bonds. The van der Waals surface area contributed by atoms with Gasteiger partial charge in [-0.05, 0) is 30.4 Å². The molecule has 1 heterocycles. The van der Waals surface area contributed by atoms with E-state index in [1.165, 1.54) is 5.56 Å². The highest BCUT2D eigenvalue weighted by molar-refractivity contribution is 5.23. The summed E-state index contributed by atoms with van der Waals surface area (Å²) in [4.78, 5) is 8.95. The first-order valence-electron chi connectivity index (χ1n) is 8.49. The van der Waals surface area contributed by atoms with Crippen molar-refractivity contribution in [2.24, 2.45) is 0 Å². The van der Waals surface area contributed by atoms with Crippen LogP contribution in [0.2, 0.25) is 0 Å². The summed E-state index contributed by atoms with van der Waals surface area (Å²) in [5.41, 5.74) is 2.61. The Kier molecular flexibility index (Phi) is 5.89. The van der Waals surface area contributed by atoms with Gasteiger partial charge in [0.1, 0.15) is 5.82 Å². The second-order valence-corrected chi connectivity index (χ2v) is 7.30. The van der Waals surface area contributed by atoms with E-state index in [1.54, 1.807) is 0 Å². The van der Waals surface area contributed by atoms with E-state index < -0.39 is 0 Å². The van der Waals surface area contributed by atoms with Crippen molar-refractivity contribution in [2.75, 3.05) is 0 Å². The number of hydrogen-bond donors (Lipinski definition) is 1. The number of nitrogens with zero attached hydrogens (tertiary/aromatic N) is 2. The van der Waals surface area contributed by atoms with Crippen molar-refractivity contribution in [3.8, 4) is 0 Å². The molecule has 23 heavy (non-hydrogen) atoms. The molecule has 0 aliphatic rings. The molecule has 0 aliphatic heterocycles. The van der Waals surface area contributed by atoms with Crippen LogP contribution >= 0.6 is 0 Å². The maximum atomic E-state index is 4.63. The predicted octanol–water partition coefficient (Wildman–Crippen LogP) is 4.45. The molecule has 1 aromatic heterocycles. The van der Waals surface area contributed by atoms with Crippen LogP contribution in [0.3, 0.4) is 0 Å². The molecule has 0 saturated heterocycles. The van der Waals surface area contributed by atoms with Crippen LogP contribution in [0.15, 0.2) is 42.6 Å². The van der Waals surface area contributed by atoms with E-state index >= 15 is 0 Å². The highest BCUT2D eigenvalue weighted by Gasteiger charge is 2.23. The van der Waals surface area contributed by atoms with E-state index in [-0.39, 0.29) is 5.41 Å². The Morgan fingerprint density at radius 3 is 2.39 bits per heavy atom. The lowest BCUT2D eigenvalue weighted by molar-refractivity contribution is 0.386. The van der Waals surface area contributed by atoms with E-state index in [2.05, 4.69) is 80.2 Å². The van der Waals surface area contributed by atoms with Crippen LogP contribution in [0.4, 0.5) is 0 Å². The summed E-state index contributed by atoms with van der Waals surface area (Å²) < 4.78 is 0. The summed E-state index contributed by atoms with van der Waals surface area (Å²) in [6, 6.07) is 13.1. The fourth-order valence-electron chi connectivity index (χ4n) is 2.91. The maximum absolute atomic E-state index is 4.63. The topological polar surface area (TPSA) is 37.8 Å². The van der Waals surface area contributed by atoms with Crippen molar-refractivity contribution in [1.29, 1.82) is 0 Å². The summed E-state index contributed by atoms with van der Waals surface area (Å²) in [7, 11) is 0. The van der Waals surface area contributed by atoms with Crippen molar-refractivity contribution in [1.82, 2.24) is 15.3 Å². The van der Waals surface area contributed by atoms with Gasteiger partial charge in [0, 0.05) is 24.7 Å². The highest BCUT2D eigenvalue weighted by atomic mass is 15.0. The fourth-order valence-corrected chi connectivity index (χ4v) is 2.91. The summed E-state index contributed by atoms with van der Waals surface area (Å²) in [6.45, 7) is 11.9. The summed E-state index contributed by atoms with van der Waals surface area (Å²) >= 11 is 0. The lowest BCUT2D eigenvalue weighted by Gasteiger charge is -2.29. The predicted molar refractivity (Wildman–Crippen MR) is 96.5 cm³/mol. The molecule has 1 aromatic carbocycles. The SMILES string of the molecule is CC(CC(C)(C)c1ccccc1)NCc1ccnc(C(C)C)n1. The summed E-state index contributed by atoms with van der Waals surface area (Å²) in [5.74, 6) is 1.28. The summed E-state index contributed by atoms with van der Waals surface area (Å²) in [5, 5.41) is 3.60. The number of rotatable bonds is 7. The van der Waals surface area contributed by atoms with Crippen molar-refractivity contribution < 1.29 is 0 Å². The van der Waals surface area contributed by atoms with Gasteiger partial charge in [0.2, 0.25) is 0 Å². The Hall–Kier alpha value is -1.74. The number of nitrogens with one attached hydrogen (secondary N) is 1. The Morgan fingerprint density at radius 2 is 1.74 bits per heavy atom. The van der Waals surface area contributed by atoms with E-state index in [0.29, 0.717) is 12.0 Å². The Bertz CT molecular complexity index is 605. The molecule has 3 nitrogen and oxygen atoms in total. The van der Waals surface area contributed by atoms with Gasteiger partial charge in [-0.3, -0.25) is 0 Å². The quantitative estimate of drug-likeness (QED) is 0.821. The largest absolute Gasteiger partial charge is 0.309 e. The summed E-state index contributed by atoms with van der Waals surface area (Å²) in [6.07, 6.45) is 2.94. The second-order valence-electron chi connectivity index (χ2n) is 7.30. The molecule has 2 rings (SSSR count). The van der Waals surface area contributed by atoms with Crippen LogP contribution in [-0.4, -0.2) is 16.0 Å². The van der Waals surface area contributed by atoms with Gasteiger partial charge < -0.3 is 5.32 Å². The third-order valence-electron chi connectivity index (χ3n) is 4.25. The molecule has 1 unspecified atom stereocenters. The van der Waals surface area contributed by atoms with Crippen molar-refractivity contribution in [3.63, 3.8) is 0 Å². The van der Waals surface area contributed by atoms with Gasteiger partial charge in [-0.2, -0.15) is 0 Å². The zero-order chi connectivity index (χ0) is 16.9. The smallest absolute Gasteiger partial charge is 0.131 e. The van der Waals surface area contributed by atoms with Gasteiger partial charge in [0.25, 0.3) is 0 Å². The van der Waals surface area contributed by atoms with Gasteiger partial charge in [0.05, 0.1) is 5.69 Å². The highest BCUT2D eigenvalue weighted by Crippen LogP contribution is 2.28. The average Bonchev–Trinajstić information content (AvgIpc) is 2.53. The van der Waals surface area contributed by atoms with E-state index in [4.69, 9.17) is 0 Å². The lowest BCUT2D eigenvalue weighted by Crippen LogP contribution is -2.33. The molecule has 0 aliphatic carbocycles. The molecule has 0 bridgehead atoms. The number of aromatic nitrogens is 2. The van der Waals surface area contributed by atoms with Crippen LogP contribution in [0, 0.1) is 0 Å². The minimum absolute atomic E-state index is 0.155. The molecule has 0 saturated carbocycles. The van der Waals surface area contributed by atoms with Gasteiger partial charge in [-0.25, -0.2) is 9.97 Å². The Morgan fingerprint density at radius 1 is 1.04 bits per heavy atom. The molecular formula is C20H29N3. The molecular weight excluding hydrogens is 282 g/mol. The van der Waals surface area contributed by atoms with Crippen LogP contribution in [-0.2, 0) is 12.0 Å². The van der Waals surface area contributed by atoms with E-state index in [0.717, 1.165) is 24.5 Å². The lowest BCUT2D eigenvalue weighted by atomic mass is 9.79. The fraction of sp³-hybridized carbons (Fsp3) is 0.500. The van der Waals surface area contributed by atoms with E-state index in [9.17, 15) is 0 Å². The normalized spacial score (nSPS) is 13.3. The van der Waals surface area contributed by atoms with Crippen LogP contribution in [0.1, 0.15) is 64.0 Å². The van der Waals surface area contributed by atoms with Crippen LogP contribution < -0.4 is 5.32 Å². The first-order valence-corrected chi connectivity index (χ1v) is 8.49. The molecule has 124 valence electrons. The zero-order valence-electron chi connectivity index (χ0n) is 15.0. The standard InChI is InChI=1S/C20H29N3/c1-15(2)19-21-12-11-18(23-19)14-22-16(3)13-20(4,5)17-9-7-6-8-10-17/h6-12,15-16,22H,13-14H2,1-5H3. The minimum atomic E-state index is 0.155. The third-order valence-corrected chi connectivity index (χ3v) is 4.25. The van der Waals surface area contributed by atoms with Gasteiger partial charge in [0.15, 0.2) is 0 Å². The zero-order valence-corrected chi connectivity index (χ0v) is 15.0. The Balaban J connectivity index is 1.92. The minimum Gasteiger partial charge on any atom is -0.309 e. The third kappa shape index (κ3) is 5.14. The molecule has 0 radical (unpaired) electrons. The van der Waals surface area contributed by atoms with Crippen molar-refractivity contribution in [2.45, 2.75) is 65.0 Å². The molecule has 0 fully saturated rings. The van der Waals surface area contributed by atoms with Crippen molar-refractivity contribution >= 4 is 0 Å². The van der Waals surface area contributed by atoms with Gasteiger partial charge >= 0.3 is 0 Å². The molecule has 2 aromatic rings. The second kappa shape index (κ2) is 7.69. The van der Waals surface area contributed by atoms with Gasteiger partial charge in [-0.1, -0.05) is 58.0 Å². The van der Waals surface area contributed by atoms with Crippen LogP contribution in [0.25, 0.3) is 0 Å². The number of benzene rings is 1. The molecule has 3 heteroatoms. The average molecular weight is 311 g/mol. The molecule has 1 N–H and O–H groups in total.